The van der Waals surface area contributed by atoms with Gasteiger partial charge in [-0.05, 0) is 49.1 Å². The molecule has 0 aromatic heterocycles. The second kappa shape index (κ2) is 4.73. The molecular formula is C17H25N3O. The van der Waals surface area contributed by atoms with E-state index in [-0.39, 0.29) is 17.1 Å². The van der Waals surface area contributed by atoms with Crippen molar-refractivity contribution in [3.8, 4) is 0 Å². The van der Waals surface area contributed by atoms with Crippen molar-refractivity contribution in [3.63, 3.8) is 0 Å². The number of anilines is 1. The summed E-state index contributed by atoms with van der Waals surface area (Å²) in [7, 11) is 0. The van der Waals surface area contributed by atoms with Gasteiger partial charge < -0.3 is 5.32 Å². The molecule has 0 radical (unpaired) electrons. The van der Waals surface area contributed by atoms with Crippen LogP contribution >= 0.6 is 0 Å². The number of rotatable bonds is 1. The van der Waals surface area contributed by atoms with E-state index in [9.17, 15) is 4.79 Å². The Hall–Kier alpha value is -1.55. The highest BCUT2D eigenvalue weighted by Crippen LogP contribution is 2.44. The van der Waals surface area contributed by atoms with E-state index >= 15 is 0 Å². The lowest BCUT2D eigenvalue weighted by molar-refractivity contribution is 0.0812. The summed E-state index contributed by atoms with van der Waals surface area (Å²) in [6.45, 7) is 8.87. The second-order valence-electron chi connectivity index (χ2n) is 7.60. The van der Waals surface area contributed by atoms with Crippen LogP contribution in [0.15, 0.2) is 24.3 Å². The fourth-order valence-corrected chi connectivity index (χ4v) is 4.29. The van der Waals surface area contributed by atoms with Crippen LogP contribution in [0.3, 0.4) is 0 Å². The number of hydrazine groups is 1. The number of urea groups is 1. The molecular weight excluding hydrogens is 262 g/mol. The minimum Gasteiger partial charge on any atom is -0.317 e. The second-order valence-corrected chi connectivity index (χ2v) is 7.60. The number of nitrogens with zero attached hydrogens (tertiary/aromatic N) is 1. The van der Waals surface area contributed by atoms with Gasteiger partial charge in [0.25, 0.3) is 0 Å². The fraction of sp³-hybridized carbons (Fsp3) is 0.588. The number of amides is 2. The number of aryl methyl sites for hydroxylation is 1. The summed E-state index contributed by atoms with van der Waals surface area (Å²) in [6, 6.07) is 7.93. The number of carbonyl (C=O) groups is 1. The van der Waals surface area contributed by atoms with Crippen LogP contribution in [0.2, 0.25) is 0 Å². The number of hydrogen-bond acceptors (Lipinski definition) is 2. The van der Waals surface area contributed by atoms with Crippen LogP contribution < -0.4 is 15.8 Å². The molecule has 4 heteroatoms. The molecule has 1 heterocycles. The van der Waals surface area contributed by atoms with E-state index in [1.165, 1.54) is 6.42 Å². The zero-order valence-electron chi connectivity index (χ0n) is 13.4. The fourth-order valence-electron chi connectivity index (χ4n) is 4.29. The Morgan fingerprint density at radius 3 is 2.62 bits per heavy atom. The van der Waals surface area contributed by atoms with Crippen molar-refractivity contribution in [1.82, 2.24) is 10.7 Å². The van der Waals surface area contributed by atoms with Crippen molar-refractivity contribution in [2.24, 2.45) is 11.3 Å². The largest absolute Gasteiger partial charge is 0.338 e. The van der Waals surface area contributed by atoms with Crippen LogP contribution in [-0.2, 0) is 0 Å². The van der Waals surface area contributed by atoms with Crippen molar-refractivity contribution in [2.45, 2.75) is 52.6 Å². The molecule has 1 aromatic rings. The van der Waals surface area contributed by atoms with Gasteiger partial charge in [-0.15, -0.1) is 0 Å². The normalized spacial score (nSPS) is 31.5. The van der Waals surface area contributed by atoms with Gasteiger partial charge in [0, 0.05) is 0 Å². The maximum absolute atomic E-state index is 12.5. The molecule has 1 spiro atoms. The molecule has 0 unspecified atom stereocenters. The molecule has 21 heavy (non-hydrogen) atoms. The summed E-state index contributed by atoms with van der Waals surface area (Å²) in [5, 5.41) is 4.89. The van der Waals surface area contributed by atoms with Gasteiger partial charge in [-0.25, -0.2) is 15.2 Å². The van der Waals surface area contributed by atoms with Crippen LogP contribution in [0.4, 0.5) is 10.5 Å². The van der Waals surface area contributed by atoms with Crippen LogP contribution in [0, 0.1) is 18.3 Å². The summed E-state index contributed by atoms with van der Waals surface area (Å²) in [4.78, 5) is 12.5. The van der Waals surface area contributed by atoms with Crippen LogP contribution in [-0.4, -0.2) is 11.7 Å². The van der Waals surface area contributed by atoms with Gasteiger partial charge in [0.1, 0.15) is 5.66 Å². The minimum atomic E-state index is -0.305. The van der Waals surface area contributed by atoms with Crippen molar-refractivity contribution in [2.75, 3.05) is 5.01 Å². The quantitative estimate of drug-likeness (QED) is 0.829. The highest BCUT2D eigenvalue weighted by molar-refractivity contribution is 5.94. The lowest BCUT2D eigenvalue weighted by atomic mass is 9.68. The van der Waals surface area contributed by atoms with E-state index in [0.29, 0.717) is 5.92 Å². The zero-order valence-corrected chi connectivity index (χ0v) is 13.4. The highest BCUT2D eigenvalue weighted by Gasteiger charge is 2.49. The molecule has 2 atom stereocenters. The van der Waals surface area contributed by atoms with Crippen LogP contribution in [0.5, 0.6) is 0 Å². The van der Waals surface area contributed by atoms with Crippen LogP contribution in [0.1, 0.15) is 45.6 Å². The number of nitrogens with one attached hydrogen (secondary N) is 2. The molecule has 114 valence electrons. The molecule has 0 bridgehead atoms. The van der Waals surface area contributed by atoms with Gasteiger partial charge in [0.2, 0.25) is 0 Å². The van der Waals surface area contributed by atoms with E-state index in [1.54, 1.807) is 5.01 Å². The Kier molecular flexibility index (Phi) is 3.24. The summed E-state index contributed by atoms with van der Waals surface area (Å²) in [5.41, 5.74) is 5.43. The maximum Gasteiger partial charge on any atom is 0.338 e. The summed E-state index contributed by atoms with van der Waals surface area (Å²) in [6.07, 6.45) is 3.14. The van der Waals surface area contributed by atoms with Gasteiger partial charge in [-0.1, -0.05) is 39.0 Å². The van der Waals surface area contributed by atoms with Crippen molar-refractivity contribution < 1.29 is 4.79 Å². The predicted octanol–water partition coefficient (Wildman–Crippen LogP) is 3.57. The maximum atomic E-state index is 12.5. The Morgan fingerprint density at radius 2 is 1.95 bits per heavy atom. The smallest absolute Gasteiger partial charge is 0.317 e. The Morgan fingerprint density at radius 1 is 1.24 bits per heavy atom. The van der Waals surface area contributed by atoms with E-state index < -0.39 is 0 Å². The van der Waals surface area contributed by atoms with Gasteiger partial charge in [-0.2, -0.15) is 0 Å². The van der Waals surface area contributed by atoms with Gasteiger partial charge in [-0.3, -0.25) is 0 Å². The standard InChI is InChI=1S/C17H25N3O/c1-12-9-16(3,4)11-17(10-12)18-15(21)20(19-17)14-8-6-5-7-13(14)2/h5-8,12,19H,9-11H2,1-4H3,(H,18,21)/t12-,17-/m1/s1. The molecule has 1 aliphatic carbocycles. The van der Waals surface area contributed by atoms with Crippen LogP contribution in [0.25, 0.3) is 0 Å². The van der Waals surface area contributed by atoms with Crippen molar-refractivity contribution in [1.29, 1.82) is 0 Å². The molecule has 4 nitrogen and oxygen atoms in total. The predicted molar refractivity (Wildman–Crippen MR) is 84.9 cm³/mol. The molecule has 1 aromatic carbocycles. The topological polar surface area (TPSA) is 44.4 Å². The lowest BCUT2D eigenvalue weighted by Gasteiger charge is -2.45. The third-order valence-electron chi connectivity index (χ3n) is 4.61. The first kappa shape index (κ1) is 14.4. The Bertz CT molecular complexity index is 569. The molecule has 2 N–H and O–H groups in total. The molecule has 2 aliphatic rings. The van der Waals surface area contributed by atoms with E-state index in [0.717, 1.165) is 24.1 Å². The summed E-state index contributed by atoms with van der Waals surface area (Å²) in [5.74, 6) is 0.596. The number of carbonyl (C=O) groups excluding carboxylic acids is 1. The Balaban J connectivity index is 1.89. The first-order chi connectivity index (χ1) is 9.80. The number of benzene rings is 1. The highest BCUT2D eigenvalue weighted by atomic mass is 16.2. The third kappa shape index (κ3) is 2.64. The molecule has 1 aliphatic heterocycles. The number of para-hydroxylation sites is 1. The lowest BCUT2D eigenvalue weighted by Crippen LogP contribution is -2.57. The van der Waals surface area contributed by atoms with Crippen molar-refractivity contribution in [3.05, 3.63) is 29.8 Å². The van der Waals surface area contributed by atoms with E-state index in [4.69, 9.17) is 0 Å². The SMILES string of the molecule is Cc1ccccc1N1N[C@@]2(C[C@H](C)CC(C)(C)C2)NC1=O. The third-order valence-corrected chi connectivity index (χ3v) is 4.61. The monoisotopic (exact) mass is 287 g/mol. The summed E-state index contributed by atoms with van der Waals surface area (Å²) >= 11 is 0. The van der Waals surface area contributed by atoms with Gasteiger partial charge >= 0.3 is 6.03 Å². The average Bonchev–Trinajstić information content (AvgIpc) is 2.62. The van der Waals surface area contributed by atoms with Gasteiger partial charge in [0.15, 0.2) is 0 Å². The Labute approximate surface area is 126 Å². The molecule has 1 saturated heterocycles. The number of hydrogen-bond donors (Lipinski definition) is 2. The average molecular weight is 287 g/mol. The van der Waals surface area contributed by atoms with Gasteiger partial charge in [0.05, 0.1) is 5.69 Å². The summed E-state index contributed by atoms with van der Waals surface area (Å²) < 4.78 is 0. The van der Waals surface area contributed by atoms with Crippen molar-refractivity contribution >= 4 is 11.7 Å². The molecule has 1 saturated carbocycles. The molecule has 2 fully saturated rings. The van der Waals surface area contributed by atoms with E-state index in [1.807, 2.05) is 31.2 Å². The van der Waals surface area contributed by atoms with E-state index in [2.05, 4.69) is 31.5 Å². The first-order valence-electron chi connectivity index (χ1n) is 7.76. The molecule has 2 amide bonds. The molecule has 3 rings (SSSR count). The first-order valence-corrected chi connectivity index (χ1v) is 7.76. The minimum absolute atomic E-state index is 0.0470. The zero-order chi connectivity index (χ0) is 15.3.